The number of carbonyl (C=O) groups is 2. The fourth-order valence-corrected chi connectivity index (χ4v) is 2.98. The summed E-state index contributed by atoms with van der Waals surface area (Å²) in [5, 5.41) is 2.95. The Balaban J connectivity index is 1.51. The first kappa shape index (κ1) is 18.2. The monoisotopic (exact) mass is 373 g/mol. The Kier molecular flexibility index (Phi) is 5.75. The van der Waals surface area contributed by atoms with Crippen molar-refractivity contribution in [2.24, 2.45) is 0 Å². The molecule has 7 heteroatoms. The molecule has 1 aliphatic heterocycles. The zero-order valence-corrected chi connectivity index (χ0v) is 15.0. The van der Waals surface area contributed by atoms with Crippen LogP contribution in [0.5, 0.6) is 0 Å². The molecule has 136 valence electrons. The summed E-state index contributed by atoms with van der Waals surface area (Å²) < 4.78 is 5.09. The molecule has 26 heavy (non-hydrogen) atoms. The van der Waals surface area contributed by atoms with Crippen LogP contribution in [0, 0.1) is 0 Å². The Morgan fingerprint density at radius 2 is 1.81 bits per heavy atom. The Bertz CT molecular complexity index is 793. The summed E-state index contributed by atoms with van der Waals surface area (Å²) in [6.07, 6.45) is 1.36. The van der Waals surface area contributed by atoms with Crippen molar-refractivity contribution in [2.45, 2.75) is 6.54 Å². The van der Waals surface area contributed by atoms with Gasteiger partial charge < -0.3 is 14.6 Å². The molecule has 6 nitrogen and oxygen atoms in total. The number of halogens is 1. The van der Waals surface area contributed by atoms with Crippen LogP contribution >= 0.6 is 11.6 Å². The van der Waals surface area contributed by atoms with E-state index in [1.165, 1.54) is 18.2 Å². The Morgan fingerprint density at radius 1 is 1.12 bits per heavy atom. The minimum Gasteiger partial charge on any atom is -0.440 e. The molecule has 1 aliphatic rings. The van der Waals surface area contributed by atoms with Gasteiger partial charge >= 0.3 is 0 Å². The first-order chi connectivity index (χ1) is 12.5. The largest absolute Gasteiger partial charge is 0.440 e. The Hall–Kier alpha value is -2.57. The van der Waals surface area contributed by atoms with Crippen molar-refractivity contribution in [3.8, 4) is 0 Å². The second-order valence-corrected chi connectivity index (χ2v) is 6.43. The van der Waals surface area contributed by atoms with Crippen molar-refractivity contribution in [1.29, 1.82) is 0 Å². The summed E-state index contributed by atoms with van der Waals surface area (Å²) in [5.74, 6) is -0.179. The molecule has 2 amide bonds. The summed E-state index contributed by atoms with van der Waals surface area (Å²) in [5.41, 5.74) is 1.83. The van der Waals surface area contributed by atoms with Gasteiger partial charge in [-0.15, -0.1) is 0 Å². The molecule has 1 fully saturated rings. The van der Waals surface area contributed by atoms with E-state index in [-0.39, 0.29) is 22.8 Å². The molecule has 0 atom stereocenters. The molecule has 3 rings (SSSR count). The van der Waals surface area contributed by atoms with Crippen LogP contribution in [0.1, 0.15) is 16.1 Å². The number of nitrogens with one attached hydrogen (secondary N) is 1. The third kappa shape index (κ3) is 4.53. The first-order valence-electron chi connectivity index (χ1n) is 8.34. The molecule has 0 saturated carbocycles. The van der Waals surface area contributed by atoms with E-state index in [9.17, 15) is 9.59 Å². The Morgan fingerprint density at radius 3 is 2.38 bits per heavy atom. The number of piperazine rings is 1. The topological polar surface area (TPSA) is 65.8 Å². The molecular weight excluding hydrogens is 354 g/mol. The highest BCUT2D eigenvalue weighted by Crippen LogP contribution is 2.17. The number of hydrogen-bond acceptors (Lipinski definition) is 4. The van der Waals surface area contributed by atoms with Crippen molar-refractivity contribution in [3.63, 3.8) is 0 Å². The third-order valence-corrected chi connectivity index (χ3v) is 4.48. The van der Waals surface area contributed by atoms with Gasteiger partial charge in [-0.05, 0) is 47.5 Å². The van der Waals surface area contributed by atoms with Crippen LogP contribution in [-0.2, 0) is 11.3 Å². The van der Waals surface area contributed by atoms with E-state index in [0.29, 0.717) is 18.8 Å². The number of benzene rings is 1. The minimum absolute atomic E-state index is 0.0115. The zero-order valence-electron chi connectivity index (χ0n) is 14.3. The molecule has 0 bridgehead atoms. The quantitative estimate of drug-likeness (QED) is 0.818. The maximum atomic E-state index is 12.0. The number of rotatable bonds is 5. The van der Waals surface area contributed by atoms with E-state index in [1.807, 2.05) is 29.2 Å². The van der Waals surface area contributed by atoms with Gasteiger partial charge in [0.15, 0.2) is 11.0 Å². The van der Waals surface area contributed by atoms with Crippen LogP contribution in [0.25, 0.3) is 0 Å². The lowest BCUT2D eigenvalue weighted by molar-refractivity contribution is -0.127. The van der Waals surface area contributed by atoms with Gasteiger partial charge in [0.25, 0.3) is 5.91 Å². The second-order valence-electron chi connectivity index (χ2n) is 6.06. The maximum absolute atomic E-state index is 12.0. The number of hydrogen-bond donors (Lipinski definition) is 1. The number of amides is 2. The fraction of sp³-hybridized carbons (Fsp3) is 0.263. The van der Waals surface area contributed by atoms with Crippen LogP contribution in [0.2, 0.25) is 5.22 Å². The number of carbonyl (C=O) groups excluding carboxylic acids is 2. The highest BCUT2D eigenvalue weighted by molar-refractivity contribution is 6.29. The van der Waals surface area contributed by atoms with Crippen molar-refractivity contribution in [2.75, 3.05) is 31.5 Å². The summed E-state index contributed by atoms with van der Waals surface area (Å²) in [4.78, 5) is 27.7. The predicted octanol–water partition coefficient (Wildman–Crippen LogP) is 3.02. The van der Waals surface area contributed by atoms with Crippen molar-refractivity contribution in [3.05, 3.63) is 65.6 Å². The van der Waals surface area contributed by atoms with Crippen LogP contribution < -0.4 is 5.32 Å². The molecule has 1 aromatic carbocycles. The van der Waals surface area contributed by atoms with Crippen LogP contribution in [0.15, 0.2) is 53.5 Å². The van der Waals surface area contributed by atoms with Crippen LogP contribution in [-0.4, -0.2) is 47.8 Å². The van der Waals surface area contributed by atoms with Gasteiger partial charge in [-0.1, -0.05) is 18.7 Å². The first-order valence-corrected chi connectivity index (χ1v) is 8.72. The summed E-state index contributed by atoms with van der Waals surface area (Å²) in [6.45, 7) is 7.42. The molecule has 0 radical (unpaired) electrons. The van der Waals surface area contributed by atoms with Crippen molar-refractivity contribution < 1.29 is 14.0 Å². The van der Waals surface area contributed by atoms with E-state index in [0.717, 1.165) is 25.2 Å². The number of nitrogens with zero attached hydrogens (tertiary/aromatic N) is 2. The number of anilines is 1. The summed E-state index contributed by atoms with van der Waals surface area (Å²) in [6, 6.07) is 10.7. The molecule has 0 aliphatic carbocycles. The van der Waals surface area contributed by atoms with Gasteiger partial charge in [0.2, 0.25) is 5.91 Å². The average Bonchev–Trinajstić information content (AvgIpc) is 3.10. The van der Waals surface area contributed by atoms with Crippen LogP contribution in [0.4, 0.5) is 5.69 Å². The second kappa shape index (κ2) is 8.21. The van der Waals surface area contributed by atoms with Crippen molar-refractivity contribution >= 4 is 29.1 Å². The zero-order chi connectivity index (χ0) is 18.5. The van der Waals surface area contributed by atoms with E-state index in [2.05, 4.69) is 16.8 Å². The van der Waals surface area contributed by atoms with E-state index in [1.54, 1.807) is 0 Å². The maximum Gasteiger partial charge on any atom is 0.291 e. The van der Waals surface area contributed by atoms with E-state index < -0.39 is 0 Å². The standard InChI is InChI=1S/C19H20ClN3O3/c1-2-18(24)23-11-9-22(10-12-23)13-14-3-5-15(6-4-14)21-19(25)16-7-8-17(20)26-16/h2-8H,1,9-13H2,(H,21,25). The smallest absolute Gasteiger partial charge is 0.291 e. The molecule has 2 aromatic rings. The summed E-state index contributed by atoms with van der Waals surface area (Å²) in [7, 11) is 0. The van der Waals surface area contributed by atoms with Gasteiger partial charge in [0.1, 0.15) is 0 Å². The number of furan rings is 1. The van der Waals surface area contributed by atoms with Crippen molar-refractivity contribution in [1.82, 2.24) is 9.80 Å². The van der Waals surface area contributed by atoms with Gasteiger partial charge in [-0.3, -0.25) is 14.5 Å². The van der Waals surface area contributed by atoms with E-state index >= 15 is 0 Å². The highest BCUT2D eigenvalue weighted by atomic mass is 35.5. The average molecular weight is 374 g/mol. The normalized spacial score (nSPS) is 14.9. The molecular formula is C19H20ClN3O3. The Labute approximate surface area is 157 Å². The lowest BCUT2D eigenvalue weighted by atomic mass is 10.1. The van der Waals surface area contributed by atoms with Gasteiger partial charge in [-0.2, -0.15) is 0 Å². The predicted molar refractivity (Wildman–Crippen MR) is 100 cm³/mol. The van der Waals surface area contributed by atoms with Gasteiger partial charge in [0, 0.05) is 38.4 Å². The highest BCUT2D eigenvalue weighted by Gasteiger charge is 2.19. The lowest BCUT2D eigenvalue weighted by Crippen LogP contribution is -2.47. The van der Waals surface area contributed by atoms with Gasteiger partial charge in [-0.25, -0.2) is 0 Å². The molecule has 1 aromatic heterocycles. The fourth-order valence-electron chi connectivity index (χ4n) is 2.84. The van der Waals surface area contributed by atoms with E-state index in [4.69, 9.17) is 16.0 Å². The molecule has 1 saturated heterocycles. The van der Waals surface area contributed by atoms with Gasteiger partial charge in [0.05, 0.1) is 0 Å². The lowest BCUT2D eigenvalue weighted by Gasteiger charge is -2.34. The SMILES string of the molecule is C=CC(=O)N1CCN(Cc2ccc(NC(=O)c3ccc(Cl)o3)cc2)CC1. The third-order valence-electron chi connectivity index (χ3n) is 4.27. The minimum atomic E-state index is -0.340. The molecule has 0 unspecified atom stereocenters. The molecule has 1 N–H and O–H groups in total. The van der Waals surface area contributed by atoms with Crippen LogP contribution in [0.3, 0.4) is 0 Å². The summed E-state index contributed by atoms with van der Waals surface area (Å²) >= 11 is 5.68. The molecule has 0 spiro atoms. The molecule has 2 heterocycles.